The third-order valence-corrected chi connectivity index (χ3v) is 2.65. The van der Waals surface area contributed by atoms with Crippen LogP contribution in [0.5, 0.6) is 0 Å². The van der Waals surface area contributed by atoms with Crippen molar-refractivity contribution in [3.63, 3.8) is 0 Å². The largest absolute Gasteiger partial charge is 0.365 e. The van der Waals surface area contributed by atoms with Crippen molar-refractivity contribution in [2.24, 2.45) is 0 Å². The minimum absolute atomic E-state index is 0.140. The van der Waals surface area contributed by atoms with Crippen LogP contribution in [0.1, 0.15) is 37.4 Å². The summed E-state index contributed by atoms with van der Waals surface area (Å²) in [5.74, 6) is -0.585. The highest BCUT2D eigenvalue weighted by Gasteiger charge is 2.12. The fourth-order valence-electron chi connectivity index (χ4n) is 1.62. The van der Waals surface area contributed by atoms with Gasteiger partial charge in [0.25, 0.3) is 0 Å². The standard InChI is InChI=1S/C14H18FNO3/c1-3-13(17)16-9(2)11-6-4-10(8-12(11)15)5-7-14(18)19/h4-9,14,18-19H,3H2,1-2H3,(H,16,17). The first kappa shape index (κ1) is 15.3. The van der Waals surface area contributed by atoms with Crippen molar-refractivity contribution in [1.29, 1.82) is 0 Å². The van der Waals surface area contributed by atoms with Crippen molar-refractivity contribution in [1.82, 2.24) is 5.32 Å². The van der Waals surface area contributed by atoms with E-state index in [0.29, 0.717) is 17.5 Å². The van der Waals surface area contributed by atoms with Crippen LogP contribution in [0.4, 0.5) is 4.39 Å². The van der Waals surface area contributed by atoms with E-state index < -0.39 is 18.1 Å². The molecule has 0 bridgehead atoms. The van der Waals surface area contributed by atoms with Gasteiger partial charge in [-0.3, -0.25) is 4.79 Å². The van der Waals surface area contributed by atoms with E-state index in [4.69, 9.17) is 10.2 Å². The van der Waals surface area contributed by atoms with Gasteiger partial charge in [0.15, 0.2) is 6.29 Å². The second-order valence-corrected chi connectivity index (χ2v) is 4.20. The van der Waals surface area contributed by atoms with Crippen LogP contribution in [0.3, 0.4) is 0 Å². The molecule has 3 N–H and O–H groups in total. The number of amides is 1. The number of carbonyl (C=O) groups excluding carboxylic acids is 1. The molecule has 1 amide bonds. The molecule has 1 unspecified atom stereocenters. The van der Waals surface area contributed by atoms with E-state index in [-0.39, 0.29) is 5.91 Å². The van der Waals surface area contributed by atoms with E-state index in [0.717, 1.165) is 6.08 Å². The van der Waals surface area contributed by atoms with E-state index in [1.165, 1.54) is 12.1 Å². The quantitative estimate of drug-likeness (QED) is 0.712. The van der Waals surface area contributed by atoms with E-state index in [1.54, 1.807) is 26.0 Å². The number of hydrogen-bond donors (Lipinski definition) is 3. The highest BCUT2D eigenvalue weighted by Crippen LogP contribution is 2.19. The summed E-state index contributed by atoms with van der Waals surface area (Å²) in [6.45, 7) is 3.44. The summed E-state index contributed by atoms with van der Waals surface area (Å²) in [5, 5.41) is 20.0. The smallest absolute Gasteiger partial charge is 0.220 e. The van der Waals surface area contributed by atoms with Crippen LogP contribution < -0.4 is 5.32 Å². The van der Waals surface area contributed by atoms with Crippen molar-refractivity contribution < 1.29 is 19.4 Å². The van der Waals surface area contributed by atoms with Gasteiger partial charge in [-0.2, -0.15) is 0 Å². The average molecular weight is 267 g/mol. The molecule has 0 saturated carbocycles. The molecule has 0 aromatic heterocycles. The van der Waals surface area contributed by atoms with Crippen LogP contribution in [-0.2, 0) is 4.79 Å². The second kappa shape index (κ2) is 7.01. The first-order chi connectivity index (χ1) is 8.93. The fraction of sp³-hybridized carbons (Fsp3) is 0.357. The van der Waals surface area contributed by atoms with Gasteiger partial charge in [-0.25, -0.2) is 4.39 Å². The fourth-order valence-corrected chi connectivity index (χ4v) is 1.62. The lowest BCUT2D eigenvalue weighted by Gasteiger charge is -2.15. The molecule has 0 spiro atoms. The maximum atomic E-state index is 13.9. The minimum Gasteiger partial charge on any atom is -0.365 e. The van der Waals surface area contributed by atoms with Crippen molar-refractivity contribution in [3.05, 3.63) is 41.2 Å². The van der Waals surface area contributed by atoms with Gasteiger partial charge >= 0.3 is 0 Å². The van der Waals surface area contributed by atoms with Gasteiger partial charge in [-0.05, 0) is 24.6 Å². The summed E-state index contributed by atoms with van der Waals surface area (Å²) in [7, 11) is 0. The van der Waals surface area contributed by atoms with Crippen LogP contribution in [-0.4, -0.2) is 22.4 Å². The Morgan fingerprint density at radius 1 is 1.47 bits per heavy atom. The highest BCUT2D eigenvalue weighted by atomic mass is 19.1. The molecule has 1 atom stereocenters. The molecule has 1 aromatic carbocycles. The summed E-state index contributed by atoms with van der Waals surface area (Å²) in [6.07, 6.45) is 1.33. The van der Waals surface area contributed by atoms with E-state index in [1.807, 2.05) is 0 Å². The SMILES string of the molecule is CCC(=O)NC(C)c1ccc(C=CC(O)O)cc1F. The van der Waals surface area contributed by atoms with Crippen molar-refractivity contribution >= 4 is 12.0 Å². The Morgan fingerprint density at radius 2 is 2.16 bits per heavy atom. The molecule has 104 valence electrons. The number of nitrogens with one attached hydrogen (secondary N) is 1. The number of benzene rings is 1. The second-order valence-electron chi connectivity index (χ2n) is 4.20. The zero-order valence-corrected chi connectivity index (χ0v) is 10.9. The Labute approximate surface area is 111 Å². The number of carbonyl (C=O) groups is 1. The Morgan fingerprint density at radius 3 is 2.68 bits per heavy atom. The summed E-state index contributed by atoms with van der Waals surface area (Å²) in [4.78, 5) is 11.3. The van der Waals surface area contributed by atoms with Crippen LogP contribution in [0.15, 0.2) is 24.3 Å². The first-order valence-corrected chi connectivity index (χ1v) is 6.07. The van der Waals surface area contributed by atoms with Gasteiger partial charge in [-0.15, -0.1) is 0 Å². The van der Waals surface area contributed by atoms with Gasteiger partial charge < -0.3 is 15.5 Å². The van der Waals surface area contributed by atoms with Crippen LogP contribution in [0.2, 0.25) is 0 Å². The lowest BCUT2D eigenvalue weighted by atomic mass is 10.0. The molecular formula is C14H18FNO3. The molecule has 0 radical (unpaired) electrons. The Bertz CT molecular complexity index is 472. The number of aliphatic hydroxyl groups is 2. The molecule has 0 aliphatic carbocycles. The summed E-state index contributed by atoms with van der Waals surface area (Å²) in [6, 6.07) is 4.09. The number of rotatable bonds is 5. The molecule has 0 heterocycles. The van der Waals surface area contributed by atoms with E-state index >= 15 is 0 Å². The molecule has 4 nitrogen and oxygen atoms in total. The Hall–Kier alpha value is -1.72. The van der Waals surface area contributed by atoms with Gasteiger partial charge in [0, 0.05) is 12.0 Å². The zero-order chi connectivity index (χ0) is 14.4. The Balaban J connectivity index is 2.85. The number of aliphatic hydroxyl groups excluding tert-OH is 1. The van der Waals surface area contributed by atoms with Gasteiger partial charge in [-0.1, -0.05) is 25.1 Å². The molecule has 0 saturated heterocycles. The maximum Gasteiger partial charge on any atom is 0.220 e. The molecule has 0 fully saturated rings. The van der Waals surface area contributed by atoms with Crippen molar-refractivity contribution in [2.45, 2.75) is 32.6 Å². The molecular weight excluding hydrogens is 249 g/mol. The van der Waals surface area contributed by atoms with Crippen molar-refractivity contribution in [3.8, 4) is 0 Å². The third-order valence-electron chi connectivity index (χ3n) is 2.65. The molecule has 0 aliphatic rings. The Kier molecular flexibility index (Phi) is 5.66. The highest BCUT2D eigenvalue weighted by molar-refractivity contribution is 5.76. The van der Waals surface area contributed by atoms with Gasteiger partial charge in [0.05, 0.1) is 6.04 Å². The normalized spacial score (nSPS) is 12.9. The molecule has 19 heavy (non-hydrogen) atoms. The molecule has 1 rings (SSSR count). The summed E-state index contributed by atoms with van der Waals surface area (Å²) in [5.41, 5.74) is 0.909. The van der Waals surface area contributed by atoms with Gasteiger partial charge in [0.1, 0.15) is 5.82 Å². The zero-order valence-electron chi connectivity index (χ0n) is 10.9. The van der Waals surface area contributed by atoms with Gasteiger partial charge in [0.2, 0.25) is 5.91 Å². The monoisotopic (exact) mass is 267 g/mol. The van der Waals surface area contributed by atoms with Crippen molar-refractivity contribution in [2.75, 3.05) is 0 Å². The minimum atomic E-state index is -1.56. The first-order valence-electron chi connectivity index (χ1n) is 6.07. The molecule has 5 heteroatoms. The predicted molar refractivity (Wildman–Crippen MR) is 70.5 cm³/mol. The van der Waals surface area contributed by atoms with E-state index in [9.17, 15) is 9.18 Å². The molecule has 1 aromatic rings. The third kappa shape index (κ3) is 4.81. The number of halogens is 1. The summed E-state index contributed by atoms with van der Waals surface area (Å²) >= 11 is 0. The topological polar surface area (TPSA) is 69.6 Å². The molecule has 0 aliphatic heterocycles. The van der Waals surface area contributed by atoms with E-state index in [2.05, 4.69) is 5.32 Å². The predicted octanol–water partition coefficient (Wildman–Crippen LogP) is 1.74. The van der Waals surface area contributed by atoms with Crippen LogP contribution in [0, 0.1) is 5.82 Å². The summed E-state index contributed by atoms with van der Waals surface area (Å²) < 4.78 is 13.9. The van der Waals surface area contributed by atoms with Crippen LogP contribution >= 0.6 is 0 Å². The average Bonchev–Trinajstić information content (AvgIpc) is 2.35. The lowest BCUT2D eigenvalue weighted by Crippen LogP contribution is -2.26. The lowest BCUT2D eigenvalue weighted by molar-refractivity contribution is -0.121. The van der Waals surface area contributed by atoms with Crippen LogP contribution in [0.25, 0.3) is 6.08 Å². The number of hydrogen-bond acceptors (Lipinski definition) is 3. The maximum absolute atomic E-state index is 13.9.